The SMILES string of the molecule is COC(=O)c1ccc2c3cc(-n4ccnc4)ccc3n(CCC(N)=O)c2c1. The number of aromatic nitrogens is 3. The third kappa shape index (κ3) is 2.93. The molecule has 136 valence electrons. The van der Waals surface area contributed by atoms with Crippen molar-refractivity contribution < 1.29 is 14.3 Å². The number of imidazole rings is 1. The van der Waals surface area contributed by atoms with Crippen molar-refractivity contribution in [2.75, 3.05) is 7.11 Å². The molecular formula is C20H18N4O3. The minimum absolute atomic E-state index is 0.213. The van der Waals surface area contributed by atoms with Crippen LogP contribution in [0.5, 0.6) is 0 Å². The van der Waals surface area contributed by atoms with E-state index in [0.29, 0.717) is 12.1 Å². The van der Waals surface area contributed by atoms with Gasteiger partial charge in [-0.2, -0.15) is 0 Å². The van der Waals surface area contributed by atoms with Crippen LogP contribution in [-0.4, -0.2) is 33.1 Å². The molecule has 2 heterocycles. The van der Waals surface area contributed by atoms with Crippen LogP contribution in [0.25, 0.3) is 27.5 Å². The number of carbonyl (C=O) groups excluding carboxylic acids is 2. The number of primary amides is 1. The number of hydrogen-bond donors (Lipinski definition) is 1. The molecule has 0 spiro atoms. The minimum atomic E-state index is -0.400. The highest BCUT2D eigenvalue weighted by atomic mass is 16.5. The van der Waals surface area contributed by atoms with Gasteiger partial charge < -0.3 is 19.6 Å². The maximum atomic E-state index is 11.9. The van der Waals surface area contributed by atoms with Gasteiger partial charge in [0.1, 0.15) is 0 Å². The summed E-state index contributed by atoms with van der Waals surface area (Å²) < 4.78 is 8.77. The van der Waals surface area contributed by atoms with Gasteiger partial charge in [-0.1, -0.05) is 6.07 Å². The van der Waals surface area contributed by atoms with Gasteiger partial charge in [-0.3, -0.25) is 4.79 Å². The molecule has 2 aromatic carbocycles. The van der Waals surface area contributed by atoms with Gasteiger partial charge in [0, 0.05) is 52.9 Å². The van der Waals surface area contributed by atoms with Gasteiger partial charge in [-0.05, 0) is 30.3 Å². The van der Waals surface area contributed by atoms with Crippen LogP contribution in [-0.2, 0) is 16.1 Å². The van der Waals surface area contributed by atoms with E-state index in [1.54, 1.807) is 24.7 Å². The third-order valence-electron chi connectivity index (χ3n) is 4.66. The molecule has 27 heavy (non-hydrogen) atoms. The van der Waals surface area contributed by atoms with Crippen LogP contribution >= 0.6 is 0 Å². The van der Waals surface area contributed by atoms with E-state index in [4.69, 9.17) is 10.5 Å². The molecule has 0 bridgehead atoms. The van der Waals surface area contributed by atoms with Crippen molar-refractivity contribution in [2.45, 2.75) is 13.0 Å². The number of ether oxygens (including phenoxy) is 1. The molecule has 0 fully saturated rings. The van der Waals surface area contributed by atoms with Crippen LogP contribution in [0.15, 0.2) is 55.1 Å². The van der Waals surface area contributed by atoms with E-state index in [9.17, 15) is 9.59 Å². The molecule has 7 nitrogen and oxygen atoms in total. The molecule has 0 radical (unpaired) electrons. The molecule has 2 aromatic heterocycles. The summed E-state index contributed by atoms with van der Waals surface area (Å²) in [6.45, 7) is 0.435. The summed E-state index contributed by atoms with van der Waals surface area (Å²) in [7, 11) is 1.35. The lowest BCUT2D eigenvalue weighted by atomic mass is 10.1. The first-order chi connectivity index (χ1) is 13.1. The fraction of sp³-hybridized carbons (Fsp3) is 0.150. The van der Waals surface area contributed by atoms with Crippen molar-refractivity contribution in [3.05, 3.63) is 60.7 Å². The maximum absolute atomic E-state index is 11.9. The fourth-order valence-electron chi connectivity index (χ4n) is 3.37. The molecule has 1 amide bonds. The van der Waals surface area contributed by atoms with Crippen molar-refractivity contribution in [1.82, 2.24) is 14.1 Å². The Morgan fingerprint density at radius 3 is 2.67 bits per heavy atom. The zero-order valence-corrected chi connectivity index (χ0v) is 14.8. The second kappa shape index (κ2) is 6.60. The molecule has 0 unspecified atom stereocenters. The predicted octanol–water partition coefficient (Wildman–Crippen LogP) is 2.64. The fourth-order valence-corrected chi connectivity index (χ4v) is 3.37. The van der Waals surface area contributed by atoms with Crippen molar-refractivity contribution in [2.24, 2.45) is 5.73 Å². The molecule has 4 rings (SSSR count). The molecule has 0 aliphatic rings. The highest BCUT2D eigenvalue weighted by molar-refractivity contribution is 6.10. The monoisotopic (exact) mass is 362 g/mol. The van der Waals surface area contributed by atoms with E-state index < -0.39 is 5.97 Å². The summed E-state index contributed by atoms with van der Waals surface area (Å²) in [6, 6.07) is 11.5. The zero-order chi connectivity index (χ0) is 19.0. The molecule has 0 aliphatic heterocycles. The number of fused-ring (bicyclic) bond motifs is 3. The minimum Gasteiger partial charge on any atom is -0.465 e. The number of rotatable bonds is 5. The summed E-state index contributed by atoms with van der Waals surface area (Å²) in [5, 5.41) is 2.01. The molecule has 0 saturated carbocycles. The zero-order valence-electron chi connectivity index (χ0n) is 14.8. The van der Waals surface area contributed by atoms with Crippen LogP contribution in [0.4, 0.5) is 0 Å². The average molecular weight is 362 g/mol. The van der Waals surface area contributed by atoms with Crippen LogP contribution in [0.1, 0.15) is 16.8 Å². The van der Waals surface area contributed by atoms with E-state index in [1.165, 1.54) is 7.11 Å². The van der Waals surface area contributed by atoms with Gasteiger partial charge in [0.15, 0.2) is 0 Å². The highest BCUT2D eigenvalue weighted by Crippen LogP contribution is 2.32. The first-order valence-corrected chi connectivity index (χ1v) is 8.49. The van der Waals surface area contributed by atoms with Gasteiger partial charge in [-0.25, -0.2) is 9.78 Å². The Bertz CT molecular complexity index is 1160. The predicted molar refractivity (Wildman–Crippen MR) is 102 cm³/mol. The third-order valence-corrected chi connectivity index (χ3v) is 4.66. The van der Waals surface area contributed by atoms with Crippen molar-refractivity contribution in [3.8, 4) is 5.69 Å². The van der Waals surface area contributed by atoms with Gasteiger partial charge in [0.05, 0.1) is 19.0 Å². The Balaban J connectivity index is 1.96. The summed E-state index contributed by atoms with van der Waals surface area (Å²) in [6.07, 6.45) is 5.55. The van der Waals surface area contributed by atoms with Gasteiger partial charge in [0.25, 0.3) is 0 Å². The number of nitrogens with two attached hydrogens (primary N) is 1. The Morgan fingerprint density at radius 1 is 1.11 bits per heavy atom. The standard InChI is InChI=1S/C20H18N4O3/c1-27-20(26)13-2-4-15-16-11-14(23-9-7-22-12-23)3-5-17(16)24(18(15)10-13)8-6-19(21)25/h2-5,7,9-12H,6,8H2,1H3,(H2,21,25). The van der Waals surface area contributed by atoms with E-state index in [2.05, 4.69) is 11.1 Å². The van der Waals surface area contributed by atoms with E-state index >= 15 is 0 Å². The topological polar surface area (TPSA) is 92.1 Å². The van der Waals surface area contributed by atoms with Crippen LogP contribution in [0.2, 0.25) is 0 Å². The number of hydrogen-bond acceptors (Lipinski definition) is 4. The van der Waals surface area contributed by atoms with E-state index in [1.807, 2.05) is 33.5 Å². The van der Waals surface area contributed by atoms with Gasteiger partial charge >= 0.3 is 5.97 Å². The summed E-state index contributed by atoms with van der Waals surface area (Å²) in [4.78, 5) is 27.4. The van der Waals surface area contributed by atoms with Crippen molar-refractivity contribution in [1.29, 1.82) is 0 Å². The number of benzene rings is 2. The lowest BCUT2D eigenvalue weighted by molar-refractivity contribution is -0.118. The second-order valence-corrected chi connectivity index (χ2v) is 6.26. The summed E-state index contributed by atoms with van der Waals surface area (Å²) >= 11 is 0. The van der Waals surface area contributed by atoms with Crippen LogP contribution in [0, 0.1) is 0 Å². The molecule has 0 aliphatic carbocycles. The van der Waals surface area contributed by atoms with Gasteiger partial charge in [-0.15, -0.1) is 0 Å². The number of methoxy groups -OCH3 is 1. The van der Waals surface area contributed by atoms with Crippen molar-refractivity contribution >= 4 is 33.7 Å². The lowest BCUT2D eigenvalue weighted by Gasteiger charge is -2.07. The molecular weight excluding hydrogens is 344 g/mol. The number of amides is 1. The van der Waals surface area contributed by atoms with E-state index in [-0.39, 0.29) is 12.3 Å². The first-order valence-electron chi connectivity index (χ1n) is 8.49. The molecule has 7 heteroatoms. The largest absolute Gasteiger partial charge is 0.465 e. The normalized spacial score (nSPS) is 11.1. The van der Waals surface area contributed by atoms with Crippen LogP contribution in [0.3, 0.4) is 0 Å². The molecule has 0 atom stereocenters. The smallest absolute Gasteiger partial charge is 0.337 e. The van der Waals surface area contributed by atoms with E-state index in [0.717, 1.165) is 27.5 Å². The number of esters is 1. The molecule has 4 aromatic rings. The maximum Gasteiger partial charge on any atom is 0.337 e. The molecule has 0 saturated heterocycles. The first kappa shape index (κ1) is 16.8. The summed E-state index contributed by atoms with van der Waals surface area (Å²) in [5.41, 5.74) is 8.62. The number of carbonyl (C=O) groups is 2. The molecule has 2 N–H and O–H groups in total. The average Bonchev–Trinajstić information content (AvgIpc) is 3.31. The Morgan fingerprint density at radius 2 is 1.96 bits per heavy atom. The Labute approximate surface area is 155 Å². The Kier molecular flexibility index (Phi) is 4.12. The Hall–Kier alpha value is -3.61. The van der Waals surface area contributed by atoms with Crippen molar-refractivity contribution in [3.63, 3.8) is 0 Å². The number of nitrogens with zero attached hydrogens (tertiary/aromatic N) is 3. The summed E-state index contributed by atoms with van der Waals surface area (Å²) in [5.74, 6) is -0.771. The lowest BCUT2D eigenvalue weighted by Crippen LogP contribution is -2.13. The second-order valence-electron chi connectivity index (χ2n) is 6.26. The van der Waals surface area contributed by atoms with Crippen LogP contribution < -0.4 is 5.73 Å². The quantitative estimate of drug-likeness (QED) is 0.553. The highest BCUT2D eigenvalue weighted by Gasteiger charge is 2.15. The number of aryl methyl sites for hydroxylation is 1. The van der Waals surface area contributed by atoms with Gasteiger partial charge in [0.2, 0.25) is 5.91 Å².